The molecule has 106 valence electrons. The summed E-state index contributed by atoms with van der Waals surface area (Å²) in [4.78, 5) is 6.40. The van der Waals surface area contributed by atoms with E-state index in [1.165, 1.54) is 25.3 Å². The Hall–Kier alpha value is -1.82. The molecule has 20 heavy (non-hydrogen) atoms. The molecule has 1 heterocycles. The van der Waals surface area contributed by atoms with Gasteiger partial charge in [-0.1, -0.05) is 11.6 Å². The standard InChI is InChI=1S/C14H15F2N3O/c1-19(10-3-2-4-10)8-13-17-14(18-20-13)9-5-6-11(15)12(16)7-9/h5-7,10H,2-4,8H2,1H3. The Morgan fingerprint density at radius 2 is 2.10 bits per heavy atom. The topological polar surface area (TPSA) is 42.2 Å². The molecule has 1 aliphatic carbocycles. The van der Waals surface area contributed by atoms with Crippen LogP contribution in [0.5, 0.6) is 0 Å². The quantitative estimate of drug-likeness (QED) is 0.862. The number of rotatable bonds is 4. The van der Waals surface area contributed by atoms with Gasteiger partial charge in [0.15, 0.2) is 11.6 Å². The van der Waals surface area contributed by atoms with Gasteiger partial charge in [0.25, 0.3) is 0 Å². The number of nitrogens with zero attached hydrogens (tertiary/aromatic N) is 3. The second-order valence-corrected chi connectivity index (χ2v) is 5.14. The van der Waals surface area contributed by atoms with Crippen molar-refractivity contribution >= 4 is 0 Å². The van der Waals surface area contributed by atoms with Crippen LogP contribution in [0, 0.1) is 11.6 Å². The van der Waals surface area contributed by atoms with Gasteiger partial charge in [-0.25, -0.2) is 8.78 Å². The van der Waals surface area contributed by atoms with Gasteiger partial charge < -0.3 is 4.52 Å². The highest BCUT2D eigenvalue weighted by atomic mass is 19.2. The van der Waals surface area contributed by atoms with Gasteiger partial charge in [0.2, 0.25) is 11.7 Å². The fourth-order valence-corrected chi connectivity index (χ4v) is 2.24. The molecule has 6 heteroatoms. The third-order valence-electron chi connectivity index (χ3n) is 3.73. The molecule has 0 unspecified atom stereocenters. The van der Waals surface area contributed by atoms with Crippen LogP contribution in [0.25, 0.3) is 11.4 Å². The summed E-state index contributed by atoms with van der Waals surface area (Å²) in [6.07, 6.45) is 3.65. The van der Waals surface area contributed by atoms with E-state index in [9.17, 15) is 8.78 Å². The molecular weight excluding hydrogens is 264 g/mol. The van der Waals surface area contributed by atoms with Crippen molar-refractivity contribution in [3.63, 3.8) is 0 Å². The highest BCUT2D eigenvalue weighted by Crippen LogP contribution is 2.25. The fraction of sp³-hybridized carbons (Fsp3) is 0.429. The molecule has 0 atom stereocenters. The molecule has 1 saturated carbocycles. The lowest BCUT2D eigenvalue weighted by atomic mass is 9.92. The molecule has 0 saturated heterocycles. The summed E-state index contributed by atoms with van der Waals surface area (Å²) >= 11 is 0. The van der Waals surface area contributed by atoms with E-state index in [1.54, 1.807) is 0 Å². The lowest BCUT2D eigenvalue weighted by Gasteiger charge is -2.33. The minimum absolute atomic E-state index is 0.279. The molecule has 0 N–H and O–H groups in total. The predicted octanol–water partition coefficient (Wildman–Crippen LogP) is 3.00. The number of hydrogen-bond acceptors (Lipinski definition) is 4. The zero-order chi connectivity index (χ0) is 14.1. The first-order valence-corrected chi connectivity index (χ1v) is 6.62. The van der Waals surface area contributed by atoms with Crippen molar-refractivity contribution in [1.29, 1.82) is 0 Å². The monoisotopic (exact) mass is 279 g/mol. The summed E-state index contributed by atoms with van der Waals surface area (Å²) in [7, 11) is 2.02. The molecule has 2 aromatic rings. The highest BCUT2D eigenvalue weighted by molar-refractivity contribution is 5.54. The Bertz CT molecular complexity index is 610. The molecule has 1 aliphatic rings. The van der Waals surface area contributed by atoms with E-state index in [0.717, 1.165) is 12.1 Å². The Morgan fingerprint density at radius 3 is 2.75 bits per heavy atom. The molecule has 4 nitrogen and oxygen atoms in total. The molecule has 1 aromatic heterocycles. The molecular formula is C14H15F2N3O. The predicted molar refractivity (Wildman–Crippen MR) is 68.8 cm³/mol. The van der Waals surface area contributed by atoms with E-state index in [4.69, 9.17) is 4.52 Å². The second-order valence-electron chi connectivity index (χ2n) is 5.14. The van der Waals surface area contributed by atoms with Crippen LogP contribution in [0.1, 0.15) is 25.2 Å². The molecule has 0 spiro atoms. The molecule has 1 fully saturated rings. The first-order valence-electron chi connectivity index (χ1n) is 6.62. The summed E-state index contributed by atoms with van der Waals surface area (Å²) in [6, 6.07) is 4.14. The zero-order valence-corrected chi connectivity index (χ0v) is 11.1. The average molecular weight is 279 g/mol. The summed E-state index contributed by atoms with van der Waals surface area (Å²) in [5.41, 5.74) is 0.408. The maximum Gasteiger partial charge on any atom is 0.241 e. The van der Waals surface area contributed by atoms with Crippen molar-refractivity contribution in [2.75, 3.05) is 7.05 Å². The minimum atomic E-state index is -0.916. The van der Waals surface area contributed by atoms with Crippen LogP contribution in [-0.2, 0) is 6.54 Å². The Kier molecular flexibility index (Phi) is 3.48. The summed E-state index contributed by atoms with van der Waals surface area (Å²) in [5, 5.41) is 3.81. The van der Waals surface area contributed by atoms with Gasteiger partial charge in [-0.2, -0.15) is 4.98 Å². The Morgan fingerprint density at radius 1 is 1.30 bits per heavy atom. The van der Waals surface area contributed by atoms with Gasteiger partial charge in [0.1, 0.15) is 0 Å². The van der Waals surface area contributed by atoms with Crippen molar-refractivity contribution in [2.24, 2.45) is 0 Å². The molecule has 3 rings (SSSR count). The lowest BCUT2D eigenvalue weighted by molar-refractivity contribution is 0.137. The normalized spacial score (nSPS) is 15.6. The van der Waals surface area contributed by atoms with Crippen molar-refractivity contribution in [3.05, 3.63) is 35.7 Å². The van der Waals surface area contributed by atoms with E-state index in [0.29, 0.717) is 24.0 Å². The van der Waals surface area contributed by atoms with Gasteiger partial charge in [-0.15, -0.1) is 0 Å². The first-order chi connectivity index (χ1) is 9.63. The third-order valence-corrected chi connectivity index (χ3v) is 3.73. The Balaban J connectivity index is 1.73. The number of benzene rings is 1. The van der Waals surface area contributed by atoms with E-state index >= 15 is 0 Å². The zero-order valence-electron chi connectivity index (χ0n) is 11.1. The van der Waals surface area contributed by atoms with Crippen LogP contribution in [-0.4, -0.2) is 28.1 Å². The van der Waals surface area contributed by atoms with E-state index in [1.807, 2.05) is 7.05 Å². The number of aromatic nitrogens is 2. The van der Waals surface area contributed by atoms with Crippen LogP contribution >= 0.6 is 0 Å². The third kappa shape index (κ3) is 2.56. The maximum absolute atomic E-state index is 13.2. The van der Waals surface area contributed by atoms with Crippen LogP contribution in [0.15, 0.2) is 22.7 Å². The summed E-state index contributed by atoms with van der Waals surface area (Å²) < 4.78 is 31.2. The van der Waals surface area contributed by atoms with E-state index < -0.39 is 11.6 Å². The smallest absolute Gasteiger partial charge is 0.241 e. The van der Waals surface area contributed by atoms with Crippen LogP contribution < -0.4 is 0 Å². The molecule has 0 radical (unpaired) electrons. The van der Waals surface area contributed by atoms with Crippen LogP contribution in [0.3, 0.4) is 0 Å². The van der Waals surface area contributed by atoms with Gasteiger partial charge in [-0.3, -0.25) is 4.90 Å². The largest absolute Gasteiger partial charge is 0.338 e. The van der Waals surface area contributed by atoms with Crippen molar-refractivity contribution in [1.82, 2.24) is 15.0 Å². The summed E-state index contributed by atoms with van der Waals surface area (Å²) in [6.45, 7) is 0.571. The van der Waals surface area contributed by atoms with Crippen molar-refractivity contribution < 1.29 is 13.3 Å². The van der Waals surface area contributed by atoms with E-state index in [2.05, 4.69) is 15.0 Å². The Labute approximate surface area is 115 Å². The van der Waals surface area contributed by atoms with Gasteiger partial charge in [-0.05, 0) is 38.1 Å². The molecule has 1 aromatic carbocycles. The van der Waals surface area contributed by atoms with Crippen LogP contribution in [0.2, 0.25) is 0 Å². The second kappa shape index (κ2) is 5.28. The average Bonchev–Trinajstić information content (AvgIpc) is 2.78. The molecule has 0 bridgehead atoms. The SMILES string of the molecule is CN(Cc1nc(-c2ccc(F)c(F)c2)no1)C1CCC1. The highest BCUT2D eigenvalue weighted by Gasteiger charge is 2.23. The maximum atomic E-state index is 13.2. The summed E-state index contributed by atoms with van der Waals surface area (Å²) in [5.74, 6) is -1.04. The van der Waals surface area contributed by atoms with Crippen molar-refractivity contribution in [2.45, 2.75) is 31.8 Å². The molecule has 0 amide bonds. The van der Waals surface area contributed by atoms with Gasteiger partial charge in [0.05, 0.1) is 6.54 Å². The first kappa shape index (κ1) is 13.2. The number of halogens is 2. The van der Waals surface area contributed by atoms with E-state index in [-0.39, 0.29) is 5.82 Å². The van der Waals surface area contributed by atoms with Gasteiger partial charge >= 0.3 is 0 Å². The lowest BCUT2D eigenvalue weighted by Crippen LogP contribution is -2.36. The molecule has 0 aliphatic heterocycles. The van der Waals surface area contributed by atoms with Gasteiger partial charge in [0, 0.05) is 11.6 Å². The van der Waals surface area contributed by atoms with Crippen LogP contribution in [0.4, 0.5) is 8.78 Å². The van der Waals surface area contributed by atoms with Crippen molar-refractivity contribution in [3.8, 4) is 11.4 Å². The minimum Gasteiger partial charge on any atom is -0.338 e. The fourth-order valence-electron chi connectivity index (χ4n) is 2.24. The number of hydrogen-bond donors (Lipinski definition) is 0.